The molecule has 9 heteroatoms. The summed E-state index contributed by atoms with van der Waals surface area (Å²) in [5.74, 6) is 6.02. The van der Waals surface area contributed by atoms with Gasteiger partial charge in [0.25, 0.3) is 0 Å². The zero-order valence-corrected chi connectivity index (χ0v) is 25.6. The third-order valence-corrected chi connectivity index (χ3v) is 11.8. The summed E-state index contributed by atoms with van der Waals surface area (Å²) >= 11 is 7.10. The second-order valence-corrected chi connectivity index (χ2v) is 13.3. The second-order valence-electron chi connectivity index (χ2n) is 9.21. The Labute approximate surface area is 258 Å². The van der Waals surface area contributed by atoms with Crippen molar-refractivity contribution in [2.45, 2.75) is 4.90 Å². The smallest absolute Gasteiger partial charge is 0.184 e. The lowest BCUT2D eigenvalue weighted by Crippen LogP contribution is -2.05. The Hall–Kier alpha value is -3.37. The molecule has 1 aliphatic rings. The van der Waals surface area contributed by atoms with Crippen molar-refractivity contribution in [2.24, 2.45) is 5.84 Å². The van der Waals surface area contributed by atoms with E-state index >= 15 is 0 Å². The van der Waals surface area contributed by atoms with E-state index in [-0.39, 0.29) is 12.4 Å². The van der Waals surface area contributed by atoms with E-state index in [4.69, 9.17) is 5.84 Å². The Morgan fingerprint density at radius 1 is 0.659 bits per heavy atom. The SMILES string of the molecule is Cl.NNc1ccccc1.O=C1CSc2c1sc1ccccc21.c1ccc2c(c1)[nH]c1c2sc2c3ccccc3sc12. The van der Waals surface area contributed by atoms with Crippen LogP contribution in [0, 0.1) is 0 Å². The van der Waals surface area contributed by atoms with Crippen LogP contribution in [0.4, 0.5) is 5.69 Å². The van der Waals surface area contributed by atoms with Crippen LogP contribution in [0.15, 0.2) is 108 Å². The predicted octanol–water partition coefficient (Wildman–Crippen LogP) is 10.3. The van der Waals surface area contributed by atoms with Crippen LogP contribution >= 0.6 is 58.2 Å². The quantitative estimate of drug-likeness (QED) is 0.125. The molecule has 4 aromatic heterocycles. The molecule has 8 aromatic rings. The van der Waals surface area contributed by atoms with Gasteiger partial charge in [0.1, 0.15) is 0 Å². The number of Topliss-reactive ketones (excluding diaryl/α,β-unsaturated/α-hetero) is 1. The molecule has 0 fully saturated rings. The molecule has 5 heterocycles. The van der Waals surface area contributed by atoms with Gasteiger partial charge in [0, 0.05) is 41.7 Å². The highest BCUT2D eigenvalue weighted by Gasteiger charge is 2.24. The number of thioether (sulfide) groups is 1. The summed E-state index contributed by atoms with van der Waals surface area (Å²) in [6.07, 6.45) is 0. The first-order valence-electron chi connectivity index (χ1n) is 12.7. The second kappa shape index (κ2) is 11.9. The number of benzene rings is 4. The summed E-state index contributed by atoms with van der Waals surface area (Å²) in [6, 6.07) is 35.1. The molecule has 0 unspecified atom stereocenters. The molecule has 0 aliphatic carbocycles. The highest BCUT2D eigenvalue weighted by atomic mass is 35.5. The van der Waals surface area contributed by atoms with Gasteiger partial charge in [0.15, 0.2) is 5.78 Å². The van der Waals surface area contributed by atoms with Gasteiger partial charge in [-0.15, -0.1) is 58.2 Å². The van der Waals surface area contributed by atoms with Gasteiger partial charge in [0.2, 0.25) is 0 Å². The molecule has 0 amide bonds. The molecule has 204 valence electrons. The van der Waals surface area contributed by atoms with E-state index in [1.165, 1.54) is 55.6 Å². The van der Waals surface area contributed by atoms with Crippen molar-refractivity contribution in [1.82, 2.24) is 4.98 Å². The van der Waals surface area contributed by atoms with E-state index < -0.39 is 0 Å². The topological polar surface area (TPSA) is 70.9 Å². The largest absolute Gasteiger partial charge is 0.353 e. The van der Waals surface area contributed by atoms with E-state index in [2.05, 4.69) is 71.1 Å². The van der Waals surface area contributed by atoms with Crippen molar-refractivity contribution >= 4 is 120 Å². The molecule has 41 heavy (non-hydrogen) atoms. The minimum Gasteiger partial charge on any atom is -0.353 e. The fourth-order valence-electron chi connectivity index (χ4n) is 4.86. The number of halogens is 1. The van der Waals surface area contributed by atoms with Crippen LogP contribution < -0.4 is 11.3 Å². The van der Waals surface area contributed by atoms with E-state index in [1.54, 1.807) is 23.1 Å². The number of hydrogen-bond donors (Lipinski definition) is 3. The highest BCUT2D eigenvalue weighted by Crippen LogP contribution is 2.46. The number of fused-ring (bicyclic) bond motifs is 10. The van der Waals surface area contributed by atoms with E-state index in [0.717, 1.165) is 10.6 Å². The first kappa shape index (κ1) is 27.8. The molecule has 0 spiro atoms. The number of hydrazine groups is 1. The minimum atomic E-state index is 0. The standard InChI is InChI=1S/C16H9NS2.C10H6OS2.C6H8N2.ClH/c1-3-7-11-9(5-1)14-13(17-11)16-15(19-14)10-6-2-4-8-12(10)18-16;11-7-5-12-9-6-3-1-2-4-8(6)13-10(7)9;7-8-6-4-2-1-3-5-6;/h1-8,17H;1-4H,5H2;1-5,8H,7H2;1H. The maximum atomic E-state index is 11.4. The van der Waals surface area contributed by atoms with Gasteiger partial charge in [0.05, 0.1) is 30.2 Å². The molecule has 4 nitrogen and oxygen atoms in total. The monoisotopic (exact) mass is 629 g/mol. The van der Waals surface area contributed by atoms with E-state index in [9.17, 15) is 4.79 Å². The van der Waals surface area contributed by atoms with Gasteiger partial charge in [-0.2, -0.15) is 0 Å². The van der Waals surface area contributed by atoms with Crippen molar-refractivity contribution in [1.29, 1.82) is 0 Å². The third kappa shape index (κ3) is 5.12. The normalized spacial score (nSPS) is 12.2. The van der Waals surface area contributed by atoms with Crippen molar-refractivity contribution in [3.63, 3.8) is 0 Å². The number of H-pyrrole nitrogens is 1. The van der Waals surface area contributed by atoms with Crippen LogP contribution in [0.3, 0.4) is 0 Å². The summed E-state index contributed by atoms with van der Waals surface area (Å²) < 4.78 is 6.82. The van der Waals surface area contributed by atoms with Gasteiger partial charge in [-0.25, -0.2) is 0 Å². The lowest BCUT2D eigenvalue weighted by molar-refractivity contribution is 0.102. The summed E-state index contributed by atoms with van der Waals surface area (Å²) in [6.45, 7) is 0. The number of nitrogens with two attached hydrogens (primary N) is 1. The van der Waals surface area contributed by atoms with E-state index in [0.29, 0.717) is 11.5 Å². The number of para-hydroxylation sites is 2. The number of nitrogen functional groups attached to an aromatic ring is 1. The molecular formula is C32H24ClN3OS4. The van der Waals surface area contributed by atoms with Crippen LogP contribution in [-0.2, 0) is 0 Å². The fourth-order valence-corrected chi connectivity index (χ4v) is 10.1. The first-order valence-corrected chi connectivity index (χ1v) is 16.1. The molecule has 0 saturated carbocycles. The van der Waals surface area contributed by atoms with Gasteiger partial charge in [-0.1, -0.05) is 72.8 Å². The van der Waals surface area contributed by atoms with Crippen molar-refractivity contribution < 1.29 is 4.79 Å². The molecule has 9 rings (SSSR count). The number of anilines is 1. The van der Waals surface area contributed by atoms with Crippen LogP contribution in [0.25, 0.3) is 50.7 Å². The number of carbonyl (C=O) groups is 1. The number of carbonyl (C=O) groups excluding carboxylic acids is 1. The van der Waals surface area contributed by atoms with Gasteiger partial charge >= 0.3 is 0 Å². The molecule has 0 atom stereocenters. The Morgan fingerprint density at radius 2 is 1.29 bits per heavy atom. The molecule has 0 bridgehead atoms. The van der Waals surface area contributed by atoms with Crippen LogP contribution in [0.2, 0.25) is 0 Å². The van der Waals surface area contributed by atoms with Gasteiger partial charge < -0.3 is 10.4 Å². The number of aromatic amines is 1. The third-order valence-electron chi connectivity index (χ3n) is 6.73. The molecular weight excluding hydrogens is 606 g/mol. The van der Waals surface area contributed by atoms with Crippen molar-refractivity contribution in [3.8, 4) is 0 Å². The molecule has 0 radical (unpaired) electrons. The summed E-state index contributed by atoms with van der Waals surface area (Å²) in [5, 5.41) is 3.98. The van der Waals surface area contributed by atoms with Crippen molar-refractivity contribution in [3.05, 3.63) is 108 Å². The Balaban J connectivity index is 0.000000120. The number of rotatable bonds is 1. The highest BCUT2D eigenvalue weighted by molar-refractivity contribution is 8.01. The number of nitrogens with one attached hydrogen (secondary N) is 2. The molecule has 4 N–H and O–H groups in total. The molecule has 1 aliphatic heterocycles. The molecule has 4 aromatic carbocycles. The number of aromatic nitrogens is 1. The summed E-state index contributed by atoms with van der Waals surface area (Å²) in [5.41, 5.74) is 6.01. The zero-order chi connectivity index (χ0) is 27.1. The zero-order valence-electron chi connectivity index (χ0n) is 21.5. The lowest BCUT2D eigenvalue weighted by atomic mass is 10.2. The van der Waals surface area contributed by atoms with Crippen LogP contribution in [-0.4, -0.2) is 16.5 Å². The van der Waals surface area contributed by atoms with Gasteiger partial charge in [-0.3, -0.25) is 10.6 Å². The first-order chi connectivity index (χ1) is 19.7. The Bertz CT molecular complexity index is 2060. The van der Waals surface area contributed by atoms with Crippen molar-refractivity contribution in [2.75, 3.05) is 11.2 Å². The minimum absolute atomic E-state index is 0. The van der Waals surface area contributed by atoms with Crippen LogP contribution in [0.1, 0.15) is 9.67 Å². The lowest BCUT2D eigenvalue weighted by Gasteiger charge is -1.94. The van der Waals surface area contributed by atoms with E-state index in [1.807, 2.05) is 65.1 Å². The average molecular weight is 630 g/mol. The number of hydrogen-bond acceptors (Lipinski definition) is 7. The average Bonchev–Trinajstić information content (AvgIpc) is 3.80. The maximum absolute atomic E-state index is 11.4. The predicted molar refractivity (Wildman–Crippen MR) is 185 cm³/mol. The van der Waals surface area contributed by atoms with Crippen LogP contribution in [0.5, 0.6) is 0 Å². The Morgan fingerprint density at radius 3 is 2.02 bits per heavy atom. The van der Waals surface area contributed by atoms with Gasteiger partial charge in [-0.05, 0) is 30.3 Å². The number of ketones is 1. The maximum Gasteiger partial charge on any atom is 0.184 e. The molecule has 0 saturated heterocycles. The summed E-state index contributed by atoms with van der Waals surface area (Å²) in [7, 11) is 0. The summed E-state index contributed by atoms with van der Waals surface area (Å²) in [4.78, 5) is 17.2. The Kier molecular flexibility index (Phi) is 8.03. The number of thiophene rings is 3. The fraction of sp³-hybridized carbons (Fsp3) is 0.0312.